The lowest BCUT2D eigenvalue weighted by molar-refractivity contribution is -0.146. The number of carbonyl (C=O) groups is 1. The van der Waals surface area contributed by atoms with Crippen LogP contribution >= 0.6 is 7.75 Å². The highest BCUT2D eigenvalue weighted by Crippen LogP contribution is 2.45. The number of nitrogen functional groups attached to an aromatic ring is 1. The van der Waals surface area contributed by atoms with Crippen molar-refractivity contribution < 1.29 is 37.4 Å². The van der Waals surface area contributed by atoms with Gasteiger partial charge in [0.25, 0.3) is 0 Å². The number of methoxy groups -OCH3 is 1. The van der Waals surface area contributed by atoms with Crippen molar-refractivity contribution in [3.63, 3.8) is 0 Å². The van der Waals surface area contributed by atoms with Crippen LogP contribution in [0.2, 0.25) is 0 Å². The number of aromatic nitrogens is 4. The molecule has 40 heavy (non-hydrogen) atoms. The zero-order valence-electron chi connectivity index (χ0n) is 22.1. The molecule has 5 rings (SSSR count). The Morgan fingerprint density at radius 3 is 2.80 bits per heavy atom. The Bertz CT molecular complexity index is 1360. The average Bonchev–Trinajstić information content (AvgIpc) is 3.45. The molecule has 15 nitrogen and oxygen atoms in total. The number of fused-ring (bicyclic) bond motifs is 1. The van der Waals surface area contributed by atoms with Crippen LogP contribution < -0.4 is 20.7 Å². The molecule has 2 aromatic heterocycles. The first-order chi connectivity index (χ1) is 19.3. The Kier molecular flexibility index (Phi) is 8.78. The molecule has 1 saturated heterocycles. The van der Waals surface area contributed by atoms with Crippen LogP contribution in [0.15, 0.2) is 36.7 Å². The zero-order valence-corrected chi connectivity index (χ0v) is 23.0. The summed E-state index contributed by atoms with van der Waals surface area (Å²) < 4.78 is 48.4. The lowest BCUT2D eigenvalue weighted by Gasteiger charge is -2.23. The number of para-hydroxylation sites is 1. The van der Waals surface area contributed by atoms with Crippen LogP contribution in [-0.2, 0) is 32.8 Å². The topological polar surface area (TPSA) is 183 Å². The molecule has 16 heteroatoms. The van der Waals surface area contributed by atoms with Gasteiger partial charge in [0.15, 0.2) is 29.5 Å². The molecular formula is C24H32N7O8P. The summed E-state index contributed by atoms with van der Waals surface area (Å²) in [6, 6.07) is 7.79. The summed E-state index contributed by atoms with van der Waals surface area (Å²) in [5.74, 6) is 0.315. The number of imidazole rings is 1. The van der Waals surface area contributed by atoms with Crippen molar-refractivity contribution in [1.82, 2.24) is 24.6 Å². The number of carbonyl (C=O) groups excluding carboxylic acids is 1. The highest BCUT2D eigenvalue weighted by molar-refractivity contribution is 7.52. The van der Waals surface area contributed by atoms with E-state index >= 15 is 0 Å². The van der Waals surface area contributed by atoms with Gasteiger partial charge in [-0.05, 0) is 31.9 Å². The summed E-state index contributed by atoms with van der Waals surface area (Å²) in [7, 11) is -2.60. The van der Waals surface area contributed by atoms with Crippen LogP contribution in [-0.4, -0.2) is 77.4 Å². The van der Waals surface area contributed by atoms with E-state index in [4.69, 9.17) is 33.7 Å². The van der Waals surface area contributed by atoms with Crippen LogP contribution in [0, 0.1) is 0 Å². The first kappa shape index (κ1) is 28.2. The Morgan fingerprint density at radius 1 is 1.25 bits per heavy atom. The van der Waals surface area contributed by atoms with Gasteiger partial charge in [-0.15, -0.1) is 0 Å². The number of esters is 1. The summed E-state index contributed by atoms with van der Waals surface area (Å²) >= 11 is 0. The Morgan fingerprint density at radius 2 is 2.05 bits per heavy atom. The lowest BCUT2D eigenvalue weighted by Crippen LogP contribution is -2.36. The molecule has 0 amide bonds. The molecule has 2 fully saturated rings. The van der Waals surface area contributed by atoms with Crippen LogP contribution in [0.25, 0.3) is 11.2 Å². The van der Waals surface area contributed by atoms with Crippen LogP contribution in [0.5, 0.6) is 5.75 Å². The van der Waals surface area contributed by atoms with Crippen LogP contribution in [0.4, 0.5) is 11.8 Å². The van der Waals surface area contributed by atoms with Crippen molar-refractivity contribution in [3.8, 4) is 5.75 Å². The highest BCUT2D eigenvalue weighted by atomic mass is 31.2. The molecule has 0 radical (unpaired) electrons. The van der Waals surface area contributed by atoms with Crippen LogP contribution in [0.3, 0.4) is 0 Å². The monoisotopic (exact) mass is 577 g/mol. The van der Waals surface area contributed by atoms with Crippen molar-refractivity contribution in [2.45, 2.75) is 44.4 Å². The fourth-order valence-electron chi connectivity index (χ4n) is 3.85. The number of nitrogens with two attached hydrogens (primary N) is 1. The predicted octanol–water partition coefficient (Wildman–Crippen LogP) is 2.23. The molecule has 3 heterocycles. The van der Waals surface area contributed by atoms with Gasteiger partial charge in [0.05, 0.1) is 19.5 Å². The molecule has 0 bridgehead atoms. The number of rotatable bonds is 14. The maximum atomic E-state index is 13.7. The second-order valence-electron chi connectivity index (χ2n) is 9.24. The molecule has 216 valence electrons. The fourth-order valence-corrected chi connectivity index (χ4v) is 5.33. The Balaban J connectivity index is 1.24. The number of hydrogen-bond acceptors (Lipinski definition) is 13. The van der Waals surface area contributed by atoms with Crippen molar-refractivity contribution >= 4 is 36.6 Å². The number of anilines is 2. The summed E-state index contributed by atoms with van der Waals surface area (Å²) in [5, 5.41) is 5.94. The molecule has 1 saturated carbocycles. The summed E-state index contributed by atoms with van der Waals surface area (Å²) in [6.45, 7) is 1.65. The van der Waals surface area contributed by atoms with Gasteiger partial charge in [0.1, 0.15) is 25.0 Å². The molecule has 4 atom stereocenters. The fraction of sp³-hybridized carbons (Fsp3) is 0.500. The van der Waals surface area contributed by atoms with Crippen molar-refractivity contribution in [3.05, 3.63) is 36.7 Å². The van der Waals surface area contributed by atoms with Crippen LogP contribution in [0.1, 0.15) is 26.0 Å². The first-order valence-corrected chi connectivity index (χ1v) is 14.3. The third kappa shape index (κ3) is 7.05. The molecule has 0 unspecified atom stereocenters. The second-order valence-corrected chi connectivity index (χ2v) is 10.9. The third-order valence-electron chi connectivity index (χ3n) is 5.99. The molecule has 0 spiro atoms. The number of benzene rings is 1. The summed E-state index contributed by atoms with van der Waals surface area (Å²) in [4.78, 5) is 25.4. The summed E-state index contributed by atoms with van der Waals surface area (Å²) in [5.41, 5.74) is 7.00. The highest BCUT2D eigenvalue weighted by Gasteiger charge is 2.36. The van der Waals surface area contributed by atoms with E-state index in [1.54, 1.807) is 41.2 Å². The smallest absolute Gasteiger partial charge is 0.459 e. The van der Waals surface area contributed by atoms with Gasteiger partial charge < -0.3 is 34.5 Å². The summed E-state index contributed by atoms with van der Waals surface area (Å²) in [6.07, 6.45) is 2.21. The van der Waals surface area contributed by atoms with E-state index in [-0.39, 0.29) is 38.1 Å². The standard InChI is InChI=1S/C24H32N7O8P/c1-15(23(32)35-11-10-34-2)30-40(33,39-17-6-4-3-5-7-17)37-13-19-36-12-18(38-19)31-14-26-20-21(27-16-8-9-16)28-24(25)29-22(20)31/h3-7,14-16,18-19H,8-13H2,1-2H3,(H,30,33)(H3,25,27,28,29)/t15-,18+,19+,40-/m0/s1. The molecule has 3 aromatic rings. The minimum atomic E-state index is -4.09. The van der Waals surface area contributed by atoms with Gasteiger partial charge in [-0.3, -0.25) is 13.9 Å². The SMILES string of the molecule is COCCOC(=O)[C@H](C)N[P@](=O)(OC[C@@H]1OC[C@H](n2cnc3c(NC4CC4)nc(N)nc32)O1)Oc1ccccc1. The van der Waals surface area contributed by atoms with Crippen molar-refractivity contribution in [2.24, 2.45) is 0 Å². The van der Waals surface area contributed by atoms with E-state index in [1.807, 2.05) is 0 Å². The molecular weight excluding hydrogens is 545 g/mol. The van der Waals surface area contributed by atoms with Gasteiger partial charge in [0, 0.05) is 13.2 Å². The normalized spacial score (nSPS) is 21.1. The van der Waals surface area contributed by atoms with Gasteiger partial charge in [-0.1, -0.05) is 18.2 Å². The molecule has 2 aliphatic rings. The zero-order chi connectivity index (χ0) is 28.1. The lowest BCUT2D eigenvalue weighted by atomic mass is 10.3. The second kappa shape index (κ2) is 12.5. The molecule has 1 aliphatic carbocycles. The first-order valence-electron chi connectivity index (χ1n) is 12.8. The number of nitrogens with zero attached hydrogens (tertiary/aromatic N) is 4. The largest absolute Gasteiger partial charge is 0.462 e. The van der Waals surface area contributed by atoms with E-state index in [9.17, 15) is 9.36 Å². The van der Waals surface area contributed by atoms with E-state index in [0.29, 0.717) is 23.0 Å². The Hall–Kier alpha value is -3.33. The quantitative estimate of drug-likeness (QED) is 0.144. The van der Waals surface area contributed by atoms with Gasteiger partial charge >= 0.3 is 13.7 Å². The van der Waals surface area contributed by atoms with E-state index in [1.165, 1.54) is 14.0 Å². The molecule has 1 aromatic carbocycles. The minimum Gasteiger partial charge on any atom is -0.462 e. The van der Waals surface area contributed by atoms with Crippen molar-refractivity contribution in [2.75, 3.05) is 44.6 Å². The average molecular weight is 578 g/mol. The maximum Gasteiger partial charge on any atom is 0.459 e. The molecule has 4 N–H and O–H groups in total. The Labute approximate surface area is 230 Å². The maximum absolute atomic E-state index is 13.7. The number of nitrogens with one attached hydrogen (secondary N) is 2. The third-order valence-corrected chi connectivity index (χ3v) is 7.63. The van der Waals surface area contributed by atoms with E-state index < -0.39 is 32.3 Å². The van der Waals surface area contributed by atoms with E-state index in [2.05, 4.69) is 25.4 Å². The van der Waals surface area contributed by atoms with E-state index in [0.717, 1.165) is 12.8 Å². The van der Waals surface area contributed by atoms with Gasteiger partial charge in [-0.2, -0.15) is 15.1 Å². The molecule has 1 aliphatic heterocycles. The van der Waals surface area contributed by atoms with Crippen molar-refractivity contribution in [1.29, 1.82) is 0 Å². The number of ether oxygens (including phenoxy) is 4. The predicted molar refractivity (Wildman–Crippen MR) is 142 cm³/mol. The minimum absolute atomic E-state index is 0.0504. The van der Waals surface area contributed by atoms with Gasteiger partial charge in [0.2, 0.25) is 5.95 Å². The van der Waals surface area contributed by atoms with Gasteiger partial charge in [-0.25, -0.2) is 9.55 Å². The number of hydrogen-bond donors (Lipinski definition) is 3.